The molecule has 3 N–H and O–H groups in total. The number of rotatable bonds is 5. The van der Waals surface area contributed by atoms with Crippen LogP contribution >= 0.6 is 0 Å². The van der Waals surface area contributed by atoms with E-state index in [1.54, 1.807) is 28.8 Å². The first-order chi connectivity index (χ1) is 16.6. The van der Waals surface area contributed by atoms with Crippen molar-refractivity contribution < 1.29 is 27.9 Å². The predicted molar refractivity (Wildman–Crippen MR) is 121 cm³/mol. The Kier molecular flexibility index (Phi) is 6.12. The van der Waals surface area contributed by atoms with Crippen LogP contribution in [-0.2, 0) is 12.7 Å². The molecular formula is C24H16F3N5O3. The summed E-state index contributed by atoms with van der Waals surface area (Å²) < 4.78 is 40.4. The zero-order valence-electron chi connectivity index (χ0n) is 17.8. The third-order valence-corrected chi connectivity index (χ3v) is 5.14. The Morgan fingerprint density at radius 3 is 2.37 bits per heavy atom. The lowest BCUT2D eigenvalue weighted by molar-refractivity contribution is -0.137. The molecule has 4 rings (SSSR count). The fraction of sp³-hybridized carbons (Fsp3) is 0.0833. The molecule has 2 heterocycles. The average Bonchev–Trinajstić information content (AvgIpc) is 3.17. The van der Waals surface area contributed by atoms with Crippen molar-refractivity contribution in [1.82, 2.24) is 9.55 Å². The van der Waals surface area contributed by atoms with Gasteiger partial charge in [-0.15, -0.1) is 0 Å². The van der Waals surface area contributed by atoms with Crippen molar-refractivity contribution >= 4 is 34.4 Å². The fourth-order valence-electron chi connectivity index (χ4n) is 3.51. The zero-order chi connectivity index (χ0) is 25.2. The molecule has 2 aromatic heterocycles. The first kappa shape index (κ1) is 23.3. The lowest BCUT2D eigenvalue weighted by Gasteiger charge is -2.13. The van der Waals surface area contributed by atoms with E-state index >= 15 is 0 Å². The molecule has 0 saturated heterocycles. The summed E-state index contributed by atoms with van der Waals surface area (Å²) in [5.74, 6) is -0.441. The van der Waals surface area contributed by atoms with Crippen molar-refractivity contribution in [2.75, 3.05) is 10.6 Å². The number of amides is 2. The van der Waals surface area contributed by atoms with Crippen molar-refractivity contribution in [3.63, 3.8) is 0 Å². The van der Waals surface area contributed by atoms with E-state index in [0.29, 0.717) is 27.7 Å². The summed E-state index contributed by atoms with van der Waals surface area (Å²) in [6.45, 7) is 0.0823. The van der Waals surface area contributed by atoms with Crippen LogP contribution in [0.25, 0.3) is 10.9 Å². The Bertz CT molecular complexity index is 1450. The van der Waals surface area contributed by atoms with Crippen LogP contribution in [0.15, 0.2) is 66.9 Å². The maximum Gasteiger partial charge on any atom is 0.416 e. The van der Waals surface area contributed by atoms with Crippen LogP contribution in [0, 0.1) is 11.3 Å². The molecule has 0 atom stereocenters. The number of nitrogens with zero attached hydrogens (tertiary/aromatic N) is 3. The van der Waals surface area contributed by atoms with Gasteiger partial charge in [-0.05, 0) is 48.0 Å². The van der Waals surface area contributed by atoms with Gasteiger partial charge in [0.2, 0.25) is 0 Å². The van der Waals surface area contributed by atoms with Gasteiger partial charge in [0, 0.05) is 11.9 Å². The van der Waals surface area contributed by atoms with Gasteiger partial charge in [0.05, 0.1) is 34.6 Å². The van der Waals surface area contributed by atoms with Crippen LogP contribution in [0.3, 0.4) is 0 Å². The highest BCUT2D eigenvalue weighted by molar-refractivity contribution is 6.06. The number of pyridine rings is 1. The van der Waals surface area contributed by atoms with Crippen LogP contribution in [0.1, 0.15) is 27.2 Å². The second-order valence-electron chi connectivity index (χ2n) is 7.51. The van der Waals surface area contributed by atoms with Gasteiger partial charge in [-0.2, -0.15) is 18.4 Å². The van der Waals surface area contributed by atoms with Gasteiger partial charge < -0.3 is 15.0 Å². The van der Waals surface area contributed by atoms with Crippen molar-refractivity contribution in [3.05, 3.63) is 89.2 Å². The largest absolute Gasteiger partial charge is 0.465 e. The molecule has 0 unspecified atom stereocenters. The Balaban J connectivity index is 1.68. The number of halogens is 3. The number of hydrogen-bond acceptors (Lipinski definition) is 4. The van der Waals surface area contributed by atoms with Gasteiger partial charge in [0.15, 0.2) is 0 Å². The Morgan fingerprint density at radius 1 is 1.03 bits per heavy atom. The molecule has 35 heavy (non-hydrogen) atoms. The molecule has 2 aromatic carbocycles. The number of alkyl halides is 3. The third kappa shape index (κ3) is 5.22. The fourth-order valence-corrected chi connectivity index (χ4v) is 3.51. The number of fused-ring (bicyclic) bond motifs is 1. The number of nitrogens with one attached hydrogen (secondary N) is 2. The Hall–Kier alpha value is -4.85. The predicted octanol–water partition coefficient (Wildman–Crippen LogP) is 5.32. The summed E-state index contributed by atoms with van der Waals surface area (Å²) >= 11 is 0. The topological polar surface area (TPSA) is 120 Å². The number of nitriles is 1. The maximum atomic E-state index is 13.1. The first-order valence-corrected chi connectivity index (χ1v) is 10.1. The lowest BCUT2D eigenvalue weighted by Crippen LogP contribution is -2.18. The van der Waals surface area contributed by atoms with Crippen LogP contribution in [0.5, 0.6) is 0 Å². The van der Waals surface area contributed by atoms with Crippen LogP contribution in [0.2, 0.25) is 0 Å². The monoisotopic (exact) mass is 479 g/mol. The highest BCUT2D eigenvalue weighted by atomic mass is 19.4. The Labute approximate surface area is 196 Å². The van der Waals surface area contributed by atoms with Gasteiger partial charge in [-0.25, -0.2) is 9.78 Å². The van der Waals surface area contributed by atoms with Gasteiger partial charge in [0.1, 0.15) is 11.5 Å². The number of anilines is 2. The van der Waals surface area contributed by atoms with Gasteiger partial charge in [-0.1, -0.05) is 18.2 Å². The lowest BCUT2D eigenvalue weighted by atomic mass is 10.1. The minimum Gasteiger partial charge on any atom is -0.465 e. The summed E-state index contributed by atoms with van der Waals surface area (Å²) in [6, 6.07) is 16.0. The quantitative estimate of drug-likeness (QED) is 0.358. The van der Waals surface area contributed by atoms with Gasteiger partial charge >= 0.3 is 12.3 Å². The zero-order valence-corrected chi connectivity index (χ0v) is 17.8. The molecule has 0 fully saturated rings. The standard InChI is InChI=1S/C24H16F3N5O3/c25-24(26,27)17-5-2-14(3-6-17)13-32-19-9-15(11-28)1-4-16(19)10-20(32)22(33)30-18-7-8-21(29-12-18)31-23(34)35/h1-10,12H,13H2,(H,29,31)(H,30,33)(H,34,35). The van der Waals surface area contributed by atoms with Gasteiger partial charge in [0.25, 0.3) is 5.91 Å². The molecule has 0 aliphatic rings. The SMILES string of the molecule is N#Cc1ccc2cc(C(=O)Nc3ccc(NC(=O)O)nc3)n(Cc3ccc(C(F)(F)F)cc3)c2c1. The molecule has 0 radical (unpaired) electrons. The van der Waals surface area contributed by atoms with Crippen LogP contribution < -0.4 is 10.6 Å². The summed E-state index contributed by atoms with van der Waals surface area (Å²) in [7, 11) is 0. The Morgan fingerprint density at radius 2 is 1.77 bits per heavy atom. The van der Waals surface area contributed by atoms with E-state index in [1.807, 2.05) is 6.07 Å². The normalized spacial score (nSPS) is 11.1. The number of carboxylic acid groups (broad SMARTS) is 1. The molecule has 4 aromatic rings. The minimum atomic E-state index is -4.46. The summed E-state index contributed by atoms with van der Waals surface area (Å²) in [5, 5.41) is 23.4. The van der Waals surface area contributed by atoms with E-state index in [4.69, 9.17) is 5.11 Å². The van der Waals surface area contributed by atoms with E-state index in [9.17, 15) is 28.0 Å². The third-order valence-electron chi connectivity index (χ3n) is 5.14. The number of aromatic nitrogens is 2. The maximum absolute atomic E-state index is 13.1. The number of carbonyl (C=O) groups excluding carboxylic acids is 1. The van der Waals surface area contributed by atoms with E-state index < -0.39 is 23.7 Å². The van der Waals surface area contributed by atoms with E-state index in [2.05, 4.69) is 15.6 Å². The molecule has 0 aliphatic heterocycles. The summed E-state index contributed by atoms with van der Waals surface area (Å²) in [5.41, 5.74) is 1.18. The van der Waals surface area contributed by atoms with E-state index in [-0.39, 0.29) is 18.1 Å². The van der Waals surface area contributed by atoms with Crippen molar-refractivity contribution in [2.45, 2.75) is 12.7 Å². The smallest absolute Gasteiger partial charge is 0.416 e. The number of carbonyl (C=O) groups is 2. The highest BCUT2D eigenvalue weighted by Gasteiger charge is 2.30. The van der Waals surface area contributed by atoms with Crippen molar-refractivity contribution in [1.29, 1.82) is 5.26 Å². The molecule has 0 saturated carbocycles. The summed E-state index contributed by atoms with van der Waals surface area (Å²) in [6.07, 6.45) is -4.46. The molecule has 0 aliphatic carbocycles. The molecular weight excluding hydrogens is 463 g/mol. The van der Waals surface area contributed by atoms with Gasteiger partial charge in [-0.3, -0.25) is 10.1 Å². The number of benzene rings is 2. The van der Waals surface area contributed by atoms with E-state index in [1.165, 1.54) is 30.5 Å². The molecule has 11 heteroatoms. The second-order valence-corrected chi connectivity index (χ2v) is 7.51. The van der Waals surface area contributed by atoms with Crippen molar-refractivity contribution in [3.8, 4) is 6.07 Å². The molecule has 8 nitrogen and oxygen atoms in total. The summed E-state index contributed by atoms with van der Waals surface area (Å²) in [4.78, 5) is 27.7. The van der Waals surface area contributed by atoms with Crippen LogP contribution in [0.4, 0.5) is 29.5 Å². The highest BCUT2D eigenvalue weighted by Crippen LogP contribution is 2.30. The minimum absolute atomic E-state index is 0.0796. The number of hydrogen-bond donors (Lipinski definition) is 3. The molecule has 0 spiro atoms. The average molecular weight is 479 g/mol. The van der Waals surface area contributed by atoms with E-state index in [0.717, 1.165) is 12.1 Å². The molecule has 176 valence electrons. The molecule has 0 bridgehead atoms. The second kappa shape index (κ2) is 9.18. The van der Waals surface area contributed by atoms with Crippen LogP contribution in [-0.4, -0.2) is 26.7 Å². The first-order valence-electron chi connectivity index (χ1n) is 10.1. The molecule has 2 amide bonds. The van der Waals surface area contributed by atoms with Crippen molar-refractivity contribution in [2.24, 2.45) is 0 Å².